The number of allylic oxidation sites excluding steroid dienone is 5. The molecule has 0 N–H and O–H groups in total. The fourth-order valence-electron chi connectivity index (χ4n) is 16.2. The lowest BCUT2D eigenvalue weighted by Gasteiger charge is -2.25. The van der Waals surface area contributed by atoms with E-state index in [1.54, 1.807) is 33.1 Å². The van der Waals surface area contributed by atoms with Gasteiger partial charge in [0.15, 0.2) is 0 Å². The summed E-state index contributed by atoms with van der Waals surface area (Å²) in [5.41, 5.74) is 23.3. The molecule has 18 nitrogen and oxygen atoms in total. The maximum absolute atomic E-state index is 5.30. The summed E-state index contributed by atoms with van der Waals surface area (Å²) < 4.78 is 15.6. The van der Waals surface area contributed by atoms with Crippen molar-refractivity contribution in [1.29, 1.82) is 0 Å². The summed E-state index contributed by atoms with van der Waals surface area (Å²) in [6.07, 6.45) is 11.2. The Morgan fingerprint density at radius 3 is 0.992 bits per heavy atom. The molecule has 0 saturated carbocycles. The molecule has 123 heavy (non-hydrogen) atoms. The minimum Gasteiger partial charge on any atom is -0.497 e. The number of benzene rings is 11. The van der Waals surface area contributed by atoms with Crippen LogP contribution in [-0.4, -0.2) is 56.1 Å². The van der Waals surface area contributed by atoms with Crippen LogP contribution in [0, 0.1) is 0 Å². The third-order valence-electron chi connectivity index (χ3n) is 23.2. The molecular weight excluding hydrogens is 1540 g/mol. The van der Waals surface area contributed by atoms with Gasteiger partial charge in [0, 0.05) is 129 Å². The summed E-state index contributed by atoms with van der Waals surface area (Å²) >= 11 is 1.70. The second-order valence-corrected chi connectivity index (χ2v) is 34.3. The predicted octanol–water partition coefficient (Wildman–Crippen LogP) is 29.1. The van der Waals surface area contributed by atoms with Crippen molar-refractivity contribution >= 4 is 68.6 Å². The van der Waals surface area contributed by atoms with Gasteiger partial charge in [0.1, 0.15) is 22.9 Å². The number of nitrogens with zero attached hydrogens (tertiary/aromatic N) is 15. The third-order valence-corrected chi connectivity index (χ3v) is 24.3. The van der Waals surface area contributed by atoms with Crippen LogP contribution >= 0.6 is 11.8 Å². The molecule has 0 spiro atoms. The van der Waals surface area contributed by atoms with E-state index in [9.17, 15) is 0 Å². The van der Waals surface area contributed by atoms with Gasteiger partial charge in [-0.05, 0) is 167 Å². The first-order chi connectivity index (χ1) is 59.1. The van der Waals surface area contributed by atoms with E-state index in [1.165, 1.54) is 66.7 Å². The molecule has 16 rings (SSSR count). The lowest BCUT2D eigenvalue weighted by molar-refractivity contribution is 0.414. The minimum absolute atomic E-state index is 0.0636. The van der Waals surface area contributed by atoms with Crippen LogP contribution in [0.15, 0.2) is 406 Å². The molecule has 0 fully saturated rings. The van der Waals surface area contributed by atoms with Gasteiger partial charge in [-0.25, -0.2) is 0 Å². The topological polar surface area (TPSA) is 167 Å². The van der Waals surface area contributed by atoms with Crippen LogP contribution < -0.4 is 38.7 Å². The number of anilines is 5. The Morgan fingerprint density at radius 1 is 0.325 bits per heavy atom. The van der Waals surface area contributed by atoms with Crippen LogP contribution in [0.4, 0.5) is 56.9 Å². The second-order valence-electron chi connectivity index (χ2n) is 33.2. The van der Waals surface area contributed by atoms with Crippen LogP contribution in [0.25, 0.3) is 0 Å². The molecule has 0 bridgehead atoms. The van der Waals surface area contributed by atoms with Gasteiger partial charge in [0.25, 0.3) is 0 Å². The smallest absolute Gasteiger partial charge is 0.146 e. The van der Waals surface area contributed by atoms with Gasteiger partial charge in [-0.15, -0.1) is 16.8 Å². The molecule has 5 aliphatic heterocycles. The van der Waals surface area contributed by atoms with Crippen LogP contribution in [0.3, 0.4) is 0 Å². The van der Waals surface area contributed by atoms with E-state index in [1.807, 2.05) is 158 Å². The van der Waals surface area contributed by atoms with Crippen LogP contribution in [0.1, 0.15) is 122 Å². The van der Waals surface area contributed by atoms with Crippen molar-refractivity contribution in [2.24, 2.45) is 51.1 Å². The first-order valence-corrected chi connectivity index (χ1v) is 42.2. The zero-order valence-electron chi connectivity index (χ0n) is 74.3. The Labute approximate surface area is 731 Å². The minimum atomic E-state index is -0.126. The Kier molecular flexibility index (Phi) is 28.5. The van der Waals surface area contributed by atoms with Crippen molar-refractivity contribution in [1.82, 2.24) is 0 Å². The number of azo groups is 5. The molecule has 19 heteroatoms. The molecule has 0 atom stereocenters. The van der Waals surface area contributed by atoms with Crippen molar-refractivity contribution in [2.45, 2.75) is 126 Å². The molecule has 0 amide bonds. The normalized spacial score (nSPS) is 17.4. The molecular formula is C104H113N15O3S. The second kappa shape index (κ2) is 39.4. The average molecular weight is 1650 g/mol. The lowest BCUT2D eigenvalue weighted by Crippen LogP contribution is -2.26. The molecule has 0 radical (unpaired) electrons. The van der Waals surface area contributed by atoms with Gasteiger partial charge in [-0.1, -0.05) is 247 Å². The SMILES string of the molecule is C=CCN1/C(=C/N=Nc2ccc(OC)cc2)C(C)(C)c2ccccc21.CC(C)c1ccc(N=N/C=C2/N(C)c3ccccc3C2(C)C)cc1.CN1/C(=C/N=Nc2ccccc2Sc2ccccc2)C(C)(C)c2ccccc21.COc1ccc(N=N/C=C2/N(C)c3ccccc3C2(C)C)cc1.COc1ccccc1N=N/C=C1/N(C)c2ccccc2C1(C)C. The lowest BCUT2D eigenvalue weighted by atomic mass is 9.84. The number of rotatable bonds is 18. The van der Waals surface area contributed by atoms with Gasteiger partial charge in [0.2, 0.25) is 0 Å². The number of para-hydroxylation sites is 6. The van der Waals surface area contributed by atoms with Gasteiger partial charge >= 0.3 is 0 Å². The maximum atomic E-state index is 5.30. The summed E-state index contributed by atoms with van der Waals surface area (Å²) in [6.45, 7) is 31.2. The van der Waals surface area contributed by atoms with Crippen LogP contribution in [0.2, 0.25) is 0 Å². The highest BCUT2D eigenvalue weighted by molar-refractivity contribution is 7.99. The van der Waals surface area contributed by atoms with E-state index >= 15 is 0 Å². The summed E-state index contributed by atoms with van der Waals surface area (Å²) in [4.78, 5) is 13.3. The number of fused-ring (bicyclic) bond motifs is 5. The molecule has 5 aliphatic rings. The molecule has 5 heterocycles. The molecule has 0 aliphatic carbocycles. The Bertz CT molecular complexity index is 5840. The highest BCUT2D eigenvalue weighted by atomic mass is 32.2. The highest BCUT2D eigenvalue weighted by Gasteiger charge is 2.43. The van der Waals surface area contributed by atoms with E-state index in [2.05, 4.69) is 345 Å². The molecule has 11 aromatic carbocycles. The van der Waals surface area contributed by atoms with E-state index in [0.717, 1.165) is 85.6 Å². The number of likely N-dealkylation sites (N-methyl/N-ethyl adjacent to an activating group) is 4. The molecule has 0 aromatic heterocycles. The van der Waals surface area contributed by atoms with Crippen molar-refractivity contribution < 1.29 is 14.2 Å². The zero-order valence-corrected chi connectivity index (χ0v) is 75.1. The fourth-order valence-corrected chi connectivity index (χ4v) is 17.1. The Hall–Kier alpha value is -13.4. The zero-order chi connectivity index (χ0) is 87.6. The monoisotopic (exact) mass is 1650 g/mol. The number of ether oxygens (including phenoxy) is 3. The van der Waals surface area contributed by atoms with Crippen molar-refractivity contribution in [3.05, 3.63) is 379 Å². The number of methoxy groups -OCH3 is 3. The van der Waals surface area contributed by atoms with Gasteiger partial charge in [-0.2, -0.15) is 40.9 Å². The van der Waals surface area contributed by atoms with Crippen molar-refractivity contribution in [3.63, 3.8) is 0 Å². The molecule has 11 aromatic rings. The van der Waals surface area contributed by atoms with Gasteiger partial charge in [0.05, 0.1) is 75.1 Å². The summed E-state index contributed by atoms with van der Waals surface area (Å²) in [7, 11) is 13.3. The van der Waals surface area contributed by atoms with E-state index in [4.69, 9.17) is 14.2 Å². The maximum Gasteiger partial charge on any atom is 0.146 e. The van der Waals surface area contributed by atoms with Crippen LogP contribution in [0.5, 0.6) is 17.2 Å². The van der Waals surface area contributed by atoms with E-state index in [0.29, 0.717) is 5.92 Å². The summed E-state index contributed by atoms with van der Waals surface area (Å²) in [6, 6.07) is 91.8. The Balaban J connectivity index is 0.000000141. The summed E-state index contributed by atoms with van der Waals surface area (Å²) in [5, 5.41) is 43.5. The quantitative estimate of drug-likeness (QED) is 0.0600. The number of hydrogen-bond acceptors (Lipinski definition) is 19. The number of hydrogen-bond donors (Lipinski definition) is 0. The Morgan fingerprint density at radius 2 is 0.626 bits per heavy atom. The first kappa shape index (κ1) is 88.9. The molecule has 628 valence electrons. The van der Waals surface area contributed by atoms with Crippen molar-refractivity contribution in [2.75, 3.05) is 80.6 Å². The first-order valence-electron chi connectivity index (χ1n) is 41.4. The molecule has 0 unspecified atom stereocenters. The van der Waals surface area contributed by atoms with Gasteiger partial charge < -0.3 is 38.7 Å². The summed E-state index contributed by atoms with van der Waals surface area (Å²) in [5.74, 6) is 2.87. The highest BCUT2D eigenvalue weighted by Crippen LogP contribution is 2.52. The van der Waals surface area contributed by atoms with Gasteiger partial charge in [-0.3, -0.25) is 0 Å². The van der Waals surface area contributed by atoms with E-state index < -0.39 is 0 Å². The predicted molar refractivity (Wildman–Crippen MR) is 508 cm³/mol. The third kappa shape index (κ3) is 20.0. The van der Waals surface area contributed by atoms with E-state index in [-0.39, 0.29) is 27.1 Å². The standard InChI is InChI=1S/C24H23N3S.C21H23N3O.C21H25N3.2C19H21N3O/c1-24(2)19-13-7-9-15-21(19)27(3)23(24)17-25-26-20-14-8-10-16-22(20)28-18-11-5-4-6-12-18;1-5-14-24-19-9-7-6-8-18(19)21(2,3)20(24)15-22-23-16-10-12-17(25-4)13-11-16;1-15(2)16-10-12-17(13-11-16)23-22-14-20-21(3,4)18-8-6-7-9-19(18)24(20)5;1-19(2)14-9-5-7-11-16(14)22(3)18(19)13-20-21-15-10-6-8-12-17(15)23-4;1-19(2)16-7-5-6-8-17(16)22(3)18(19)13-20-21-14-9-11-15(23-4)12-10-14/h4-17H,1-3H3;5-13,15H,1,14H2,2-4H3;6-15H,1-5H3;2*5-13H,1-4H3/b23-17+,26-25?;20-15+,23-22?;20-14+,23-22?;2*18-13+,21-20?. The molecule has 0 saturated heterocycles. The average Bonchev–Trinajstić information content (AvgIpc) is 1.62. The van der Waals surface area contributed by atoms with Crippen LogP contribution in [-0.2, 0) is 27.1 Å². The fraction of sp³-hybridized carbons (Fsp3) is 0.250. The van der Waals surface area contributed by atoms with Crippen molar-refractivity contribution in [3.8, 4) is 17.2 Å². The largest absolute Gasteiger partial charge is 0.497 e.